The van der Waals surface area contributed by atoms with Gasteiger partial charge in [0, 0.05) is 0 Å². The van der Waals surface area contributed by atoms with Crippen molar-refractivity contribution >= 4 is 17.5 Å². The molecule has 0 saturated heterocycles. The van der Waals surface area contributed by atoms with Gasteiger partial charge in [-0.05, 0) is 13.8 Å². The highest BCUT2D eigenvalue weighted by Gasteiger charge is 2.39. The van der Waals surface area contributed by atoms with Crippen LogP contribution in [0.15, 0.2) is 0 Å². The minimum absolute atomic E-state index is 0.193. The van der Waals surface area contributed by atoms with Crippen LogP contribution in [0.4, 0.5) is 17.6 Å². The first-order chi connectivity index (χ1) is 10.7. The van der Waals surface area contributed by atoms with Crippen LogP contribution in [0, 0.1) is 29.2 Å². The molecular weight excluding hydrogens is 324 g/mol. The second kappa shape index (κ2) is 7.21. The summed E-state index contributed by atoms with van der Waals surface area (Å²) >= 11 is 0. The Morgan fingerprint density at radius 3 is 1.96 bits per heavy atom. The number of carbonyl (C=O) groups is 3. The van der Waals surface area contributed by atoms with Crippen molar-refractivity contribution in [1.82, 2.24) is 0 Å². The van der Waals surface area contributed by atoms with Gasteiger partial charge in [0.05, 0.1) is 13.7 Å². The van der Waals surface area contributed by atoms with Crippen molar-refractivity contribution in [3.63, 3.8) is 0 Å². The number of hydrogen-bond donors (Lipinski definition) is 0. The van der Waals surface area contributed by atoms with Crippen molar-refractivity contribution in [2.75, 3.05) is 13.7 Å². The molecule has 5 nitrogen and oxygen atoms in total. The molecule has 0 aliphatic rings. The topological polar surface area (TPSA) is 69.7 Å². The molecule has 0 aliphatic heterocycles. The van der Waals surface area contributed by atoms with E-state index >= 15 is 0 Å². The average Bonchev–Trinajstić information content (AvgIpc) is 2.48. The van der Waals surface area contributed by atoms with Gasteiger partial charge >= 0.3 is 5.97 Å². The molecule has 0 amide bonds. The summed E-state index contributed by atoms with van der Waals surface area (Å²) in [6.45, 7) is 2.03. The normalized spacial score (nSPS) is 11.8. The highest BCUT2D eigenvalue weighted by molar-refractivity contribution is 6.22. The number of carbonyl (C=O) groups excluding carboxylic acids is 3. The summed E-state index contributed by atoms with van der Waals surface area (Å²) in [5.74, 6) is -15.8. The quantitative estimate of drug-likeness (QED) is 0.199. The van der Waals surface area contributed by atoms with Crippen molar-refractivity contribution < 1.29 is 41.4 Å². The summed E-state index contributed by atoms with van der Waals surface area (Å²) < 4.78 is 62.9. The van der Waals surface area contributed by atoms with Crippen LogP contribution >= 0.6 is 0 Å². The zero-order valence-corrected chi connectivity index (χ0v) is 12.3. The van der Waals surface area contributed by atoms with E-state index in [1.165, 1.54) is 6.92 Å². The lowest BCUT2D eigenvalue weighted by Gasteiger charge is -2.15. The number of ether oxygens (including phenoxy) is 2. The van der Waals surface area contributed by atoms with Gasteiger partial charge in [-0.15, -0.1) is 0 Å². The van der Waals surface area contributed by atoms with Gasteiger partial charge in [-0.2, -0.15) is 4.39 Å². The fraction of sp³-hybridized carbons (Fsp3) is 0.357. The van der Waals surface area contributed by atoms with Crippen LogP contribution in [-0.4, -0.2) is 31.3 Å². The first-order valence-electron chi connectivity index (χ1n) is 6.30. The van der Waals surface area contributed by atoms with Gasteiger partial charge in [0.15, 0.2) is 34.9 Å². The third-order valence-electron chi connectivity index (χ3n) is 2.87. The molecule has 1 aromatic rings. The van der Waals surface area contributed by atoms with E-state index < -0.39 is 58.0 Å². The summed E-state index contributed by atoms with van der Waals surface area (Å²) in [6, 6.07) is 0. The highest BCUT2D eigenvalue weighted by Crippen LogP contribution is 2.32. The summed E-state index contributed by atoms with van der Waals surface area (Å²) in [5, 5.41) is 0. The number of benzene rings is 1. The van der Waals surface area contributed by atoms with Crippen molar-refractivity contribution in [3.05, 3.63) is 28.8 Å². The molecule has 0 aromatic heterocycles. The molecule has 1 unspecified atom stereocenters. The number of rotatable bonds is 6. The highest BCUT2D eigenvalue weighted by atomic mass is 19.2. The summed E-state index contributed by atoms with van der Waals surface area (Å²) in [6.07, 6.45) is 0. The number of esters is 1. The Hall–Kier alpha value is -2.45. The lowest BCUT2D eigenvalue weighted by atomic mass is 9.93. The molecule has 0 bridgehead atoms. The zero-order valence-electron chi connectivity index (χ0n) is 12.3. The molecule has 0 saturated carbocycles. The molecule has 0 fully saturated rings. The van der Waals surface area contributed by atoms with Crippen molar-refractivity contribution in [1.29, 1.82) is 0 Å². The molecule has 126 valence electrons. The third kappa shape index (κ3) is 3.33. The van der Waals surface area contributed by atoms with Gasteiger partial charge in [0.2, 0.25) is 11.6 Å². The molecular formula is C14H12F4O5. The zero-order chi connectivity index (χ0) is 17.9. The Morgan fingerprint density at radius 2 is 1.52 bits per heavy atom. The van der Waals surface area contributed by atoms with Crippen LogP contribution in [0.2, 0.25) is 0 Å². The largest absolute Gasteiger partial charge is 0.493 e. The van der Waals surface area contributed by atoms with Crippen molar-refractivity contribution in [3.8, 4) is 5.75 Å². The molecule has 23 heavy (non-hydrogen) atoms. The van der Waals surface area contributed by atoms with Crippen LogP contribution in [0.1, 0.15) is 24.2 Å². The van der Waals surface area contributed by atoms with Crippen molar-refractivity contribution in [2.24, 2.45) is 5.92 Å². The Morgan fingerprint density at radius 1 is 1.00 bits per heavy atom. The van der Waals surface area contributed by atoms with Gasteiger partial charge in [-0.1, -0.05) is 0 Å². The predicted octanol–water partition coefficient (Wildman–Crippen LogP) is 2.20. The van der Waals surface area contributed by atoms with Gasteiger partial charge in [-0.3, -0.25) is 14.4 Å². The monoisotopic (exact) mass is 336 g/mol. The van der Waals surface area contributed by atoms with Gasteiger partial charge in [0.1, 0.15) is 5.56 Å². The van der Waals surface area contributed by atoms with E-state index in [1.807, 2.05) is 0 Å². The standard InChI is InChI=1S/C14H12F4O5/c1-4-23-14(21)6(5(2)19)12(20)7-8(15)9(16)10(17)11(18)13(7)22-3/h6H,4H2,1-3H3. The second-order valence-corrected chi connectivity index (χ2v) is 4.32. The third-order valence-corrected chi connectivity index (χ3v) is 2.87. The molecule has 0 spiro atoms. The minimum atomic E-state index is -2.27. The van der Waals surface area contributed by atoms with Gasteiger partial charge in [0.25, 0.3) is 0 Å². The molecule has 1 atom stereocenters. The first kappa shape index (κ1) is 18.6. The molecule has 0 aliphatic carbocycles. The molecule has 0 heterocycles. The molecule has 0 radical (unpaired) electrons. The number of ketones is 2. The fourth-order valence-corrected chi connectivity index (χ4v) is 1.85. The van der Waals surface area contributed by atoms with Gasteiger partial charge in [-0.25, -0.2) is 13.2 Å². The van der Waals surface area contributed by atoms with E-state index in [2.05, 4.69) is 9.47 Å². The maximum atomic E-state index is 13.9. The van der Waals surface area contributed by atoms with Gasteiger partial charge < -0.3 is 9.47 Å². The van der Waals surface area contributed by atoms with Crippen LogP contribution in [0.3, 0.4) is 0 Å². The average molecular weight is 336 g/mol. The molecule has 0 N–H and O–H groups in total. The smallest absolute Gasteiger partial charge is 0.324 e. The fourth-order valence-electron chi connectivity index (χ4n) is 1.85. The van der Waals surface area contributed by atoms with Crippen LogP contribution < -0.4 is 4.74 Å². The van der Waals surface area contributed by atoms with Crippen LogP contribution in [0.5, 0.6) is 5.75 Å². The predicted molar refractivity (Wildman–Crippen MR) is 68.0 cm³/mol. The maximum Gasteiger partial charge on any atom is 0.324 e. The SMILES string of the molecule is CCOC(=O)C(C(C)=O)C(=O)c1c(F)c(F)c(F)c(F)c1OC. The number of methoxy groups -OCH3 is 1. The first-order valence-corrected chi connectivity index (χ1v) is 6.30. The number of Topliss-reactive ketones (excluding diaryl/α,β-unsaturated/α-hetero) is 2. The molecule has 1 aromatic carbocycles. The van der Waals surface area contributed by atoms with Crippen molar-refractivity contribution in [2.45, 2.75) is 13.8 Å². The van der Waals surface area contributed by atoms with E-state index in [0.29, 0.717) is 0 Å². The maximum absolute atomic E-state index is 13.9. The number of halogens is 4. The molecule has 9 heteroatoms. The van der Waals surface area contributed by atoms with E-state index in [-0.39, 0.29) is 6.61 Å². The summed E-state index contributed by atoms with van der Waals surface area (Å²) in [5.41, 5.74) is -1.38. The van der Waals surface area contributed by atoms with E-state index in [9.17, 15) is 31.9 Å². The Kier molecular flexibility index (Phi) is 5.83. The van der Waals surface area contributed by atoms with Crippen LogP contribution in [0.25, 0.3) is 0 Å². The van der Waals surface area contributed by atoms with E-state index in [4.69, 9.17) is 0 Å². The second-order valence-electron chi connectivity index (χ2n) is 4.32. The summed E-state index contributed by atoms with van der Waals surface area (Å²) in [4.78, 5) is 35.4. The Labute approximate surface area is 128 Å². The minimum Gasteiger partial charge on any atom is -0.493 e. The Bertz CT molecular complexity index is 672. The number of hydrogen-bond acceptors (Lipinski definition) is 5. The molecule has 1 rings (SSSR count). The van der Waals surface area contributed by atoms with E-state index in [0.717, 1.165) is 14.0 Å². The van der Waals surface area contributed by atoms with Crippen LogP contribution in [-0.2, 0) is 14.3 Å². The van der Waals surface area contributed by atoms with E-state index in [1.54, 1.807) is 0 Å². The summed E-state index contributed by atoms with van der Waals surface area (Å²) in [7, 11) is 0.777. The lowest BCUT2D eigenvalue weighted by Crippen LogP contribution is -2.33. The lowest BCUT2D eigenvalue weighted by molar-refractivity contribution is -0.148. The Balaban J connectivity index is 3.58.